The molecule has 4 aliphatic rings. The minimum Gasteiger partial charge on any atom is -0.342 e. The molecule has 0 aliphatic heterocycles. The Hall–Kier alpha value is -1.10. The molecule has 0 spiro atoms. The zero-order chi connectivity index (χ0) is 18.4. The van der Waals surface area contributed by atoms with Crippen LogP contribution in [0, 0.1) is 37.5 Å². The molecule has 1 amide bonds. The van der Waals surface area contributed by atoms with E-state index in [4.69, 9.17) is 0 Å². The van der Waals surface area contributed by atoms with E-state index < -0.39 is 0 Å². The molecule has 0 atom stereocenters. The van der Waals surface area contributed by atoms with Gasteiger partial charge < -0.3 is 4.90 Å². The van der Waals surface area contributed by atoms with Gasteiger partial charge in [0, 0.05) is 30.9 Å². The highest BCUT2D eigenvalue weighted by molar-refractivity contribution is 7.98. The Kier molecular flexibility index (Phi) is 5.02. The second-order valence-corrected chi connectivity index (χ2v) is 9.56. The Morgan fingerprint density at radius 2 is 1.58 bits per heavy atom. The first-order chi connectivity index (χ1) is 12.5. The summed E-state index contributed by atoms with van der Waals surface area (Å²) in [5, 5.41) is 0.820. The number of aromatic nitrogens is 2. The van der Waals surface area contributed by atoms with Crippen LogP contribution in [0.4, 0.5) is 0 Å². The highest BCUT2D eigenvalue weighted by Gasteiger charge is 2.50. The van der Waals surface area contributed by atoms with E-state index >= 15 is 0 Å². The van der Waals surface area contributed by atoms with Gasteiger partial charge in [0.1, 0.15) is 0 Å². The smallest absolute Gasteiger partial charge is 0.222 e. The molecular weight excluding hydrogens is 342 g/mol. The fourth-order valence-electron chi connectivity index (χ4n) is 6.27. The van der Waals surface area contributed by atoms with Crippen LogP contribution >= 0.6 is 11.8 Å². The van der Waals surface area contributed by atoms with E-state index in [0.29, 0.717) is 18.4 Å². The predicted octanol–water partition coefficient (Wildman–Crippen LogP) is 4.03. The Labute approximate surface area is 161 Å². The van der Waals surface area contributed by atoms with Gasteiger partial charge in [-0.25, -0.2) is 9.97 Å². The lowest BCUT2D eigenvalue weighted by atomic mass is 9.54. The maximum absolute atomic E-state index is 13.0. The van der Waals surface area contributed by atoms with E-state index in [0.717, 1.165) is 52.2 Å². The van der Waals surface area contributed by atoms with Crippen LogP contribution in [-0.4, -0.2) is 40.1 Å². The molecule has 26 heavy (non-hydrogen) atoms. The molecule has 4 nitrogen and oxygen atoms in total. The largest absolute Gasteiger partial charge is 0.342 e. The first kappa shape index (κ1) is 18.3. The summed E-state index contributed by atoms with van der Waals surface area (Å²) in [7, 11) is 2.06. The number of hydrogen-bond acceptors (Lipinski definition) is 4. The Bertz CT molecular complexity index is 653. The summed E-state index contributed by atoms with van der Waals surface area (Å²) >= 11 is 1.57. The lowest BCUT2D eigenvalue weighted by molar-refractivity contribution is -0.141. The average Bonchev–Trinajstić information content (AvgIpc) is 2.59. The molecule has 4 bridgehead atoms. The van der Waals surface area contributed by atoms with Crippen molar-refractivity contribution >= 4 is 17.7 Å². The van der Waals surface area contributed by atoms with Gasteiger partial charge in [0.05, 0.1) is 0 Å². The summed E-state index contributed by atoms with van der Waals surface area (Å²) < 4.78 is 0. The van der Waals surface area contributed by atoms with Crippen molar-refractivity contribution in [2.24, 2.45) is 23.7 Å². The molecule has 0 radical (unpaired) electrons. The van der Waals surface area contributed by atoms with E-state index in [1.165, 1.54) is 32.1 Å². The van der Waals surface area contributed by atoms with E-state index in [1.54, 1.807) is 11.8 Å². The first-order valence-corrected chi connectivity index (χ1v) is 11.3. The van der Waals surface area contributed by atoms with Crippen molar-refractivity contribution < 1.29 is 4.79 Å². The molecule has 0 aromatic carbocycles. The number of carbonyl (C=O) groups is 1. The van der Waals surface area contributed by atoms with Gasteiger partial charge in [-0.05, 0) is 87.9 Å². The van der Waals surface area contributed by atoms with Crippen LogP contribution in [0.1, 0.15) is 55.5 Å². The molecule has 4 saturated carbocycles. The lowest BCUT2D eigenvalue weighted by Crippen LogP contribution is -2.56. The van der Waals surface area contributed by atoms with E-state index in [1.807, 2.05) is 20.1 Å². The summed E-state index contributed by atoms with van der Waals surface area (Å²) in [6, 6.07) is 0.493. The topological polar surface area (TPSA) is 46.1 Å². The number of rotatable bonds is 5. The van der Waals surface area contributed by atoms with Crippen molar-refractivity contribution in [3.05, 3.63) is 17.0 Å². The summed E-state index contributed by atoms with van der Waals surface area (Å²) in [6.45, 7) is 4.07. The third-order valence-corrected chi connectivity index (χ3v) is 7.74. The number of hydrogen-bond donors (Lipinski definition) is 0. The maximum Gasteiger partial charge on any atom is 0.222 e. The molecule has 5 rings (SSSR count). The van der Waals surface area contributed by atoms with Crippen molar-refractivity contribution in [3.63, 3.8) is 0 Å². The minimum atomic E-state index is 0.301. The Morgan fingerprint density at radius 1 is 1.04 bits per heavy atom. The maximum atomic E-state index is 13.0. The minimum absolute atomic E-state index is 0.301. The van der Waals surface area contributed by atoms with Gasteiger partial charge in [-0.2, -0.15) is 0 Å². The number of nitrogens with zero attached hydrogens (tertiary/aromatic N) is 3. The van der Waals surface area contributed by atoms with Crippen LogP contribution in [0.3, 0.4) is 0 Å². The number of thioether (sulfide) groups is 1. The highest BCUT2D eigenvalue weighted by atomic mass is 32.2. The van der Waals surface area contributed by atoms with E-state index in [2.05, 4.69) is 21.9 Å². The van der Waals surface area contributed by atoms with Gasteiger partial charge in [0.15, 0.2) is 5.16 Å². The SMILES string of the molecule is CSc1nc(C)c(CCC(=O)N(C)C2C3CC4CC(C3)CC2C4)c(C)n1. The van der Waals surface area contributed by atoms with Crippen LogP contribution < -0.4 is 0 Å². The second kappa shape index (κ2) is 7.14. The monoisotopic (exact) mass is 373 g/mol. The third-order valence-electron chi connectivity index (χ3n) is 7.19. The van der Waals surface area contributed by atoms with Gasteiger partial charge in [0.25, 0.3) is 0 Å². The van der Waals surface area contributed by atoms with Crippen molar-refractivity contribution in [3.8, 4) is 0 Å². The number of carbonyl (C=O) groups excluding carboxylic acids is 1. The van der Waals surface area contributed by atoms with Crippen molar-refractivity contribution in [2.45, 2.75) is 70.0 Å². The van der Waals surface area contributed by atoms with Crippen molar-refractivity contribution in [2.75, 3.05) is 13.3 Å². The summed E-state index contributed by atoms with van der Waals surface area (Å²) in [6.07, 6.45) is 10.2. The first-order valence-electron chi connectivity index (χ1n) is 10.1. The van der Waals surface area contributed by atoms with Crippen LogP contribution in [0.15, 0.2) is 5.16 Å². The predicted molar refractivity (Wildman–Crippen MR) is 105 cm³/mol. The van der Waals surface area contributed by atoms with Crippen LogP contribution in [-0.2, 0) is 11.2 Å². The van der Waals surface area contributed by atoms with Crippen LogP contribution in [0.2, 0.25) is 0 Å². The molecule has 4 fully saturated rings. The summed E-state index contributed by atoms with van der Waals surface area (Å²) in [4.78, 5) is 24.2. The zero-order valence-corrected chi connectivity index (χ0v) is 17.3. The number of amides is 1. The van der Waals surface area contributed by atoms with Gasteiger partial charge in [0.2, 0.25) is 5.91 Å². The Morgan fingerprint density at radius 3 is 2.08 bits per heavy atom. The molecule has 1 heterocycles. The molecule has 1 aromatic heterocycles. The van der Waals surface area contributed by atoms with E-state index in [9.17, 15) is 4.79 Å². The zero-order valence-electron chi connectivity index (χ0n) is 16.5. The molecule has 4 aliphatic carbocycles. The van der Waals surface area contributed by atoms with Gasteiger partial charge in [-0.3, -0.25) is 4.79 Å². The molecular formula is C21H31N3OS. The van der Waals surface area contributed by atoms with Gasteiger partial charge in [-0.1, -0.05) is 11.8 Å². The van der Waals surface area contributed by atoms with Crippen LogP contribution in [0.5, 0.6) is 0 Å². The van der Waals surface area contributed by atoms with E-state index in [-0.39, 0.29) is 0 Å². The van der Waals surface area contributed by atoms with Crippen molar-refractivity contribution in [1.82, 2.24) is 14.9 Å². The summed E-state index contributed by atoms with van der Waals surface area (Å²) in [5.41, 5.74) is 3.19. The van der Waals surface area contributed by atoms with Gasteiger partial charge >= 0.3 is 0 Å². The number of aryl methyl sites for hydroxylation is 2. The third kappa shape index (κ3) is 3.28. The fourth-order valence-corrected chi connectivity index (χ4v) is 6.72. The standard InChI is InChI=1S/C21H31N3OS/c1-12-18(13(2)23-21(22-12)26-4)5-6-19(25)24(3)20-16-8-14-7-15(10-16)11-17(20)9-14/h14-17,20H,5-11H2,1-4H3. The second-order valence-electron chi connectivity index (χ2n) is 8.79. The fraction of sp³-hybridized carbons (Fsp3) is 0.762. The molecule has 5 heteroatoms. The van der Waals surface area contributed by atoms with Crippen LogP contribution in [0.25, 0.3) is 0 Å². The van der Waals surface area contributed by atoms with Crippen molar-refractivity contribution in [1.29, 1.82) is 0 Å². The quantitative estimate of drug-likeness (QED) is 0.577. The molecule has 0 N–H and O–H groups in total. The van der Waals surface area contributed by atoms with Gasteiger partial charge in [-0.15, -0.1) is 0 Å². The average molecular weight is 374 g/mol. The lowest BCUT2D eigenvalue weighted by Gasteiger charge is -2.56. The Balaban J connectivity index is 1.41. The molecule has 0 unspecified atom stereocenters. The summed E-state index contributed by atoms with van der Waals surface area (Å²) in [5.74, 6) is 3.72. The highest BCUT2D eigenvalue weighted by Crippen LogP contribution is 2.55. The molecule has 0 saturated heterocycles. The molecule has 1 aromatic rings. The molecule has 142 valence electrons. The normalized spacial score (nSPS) is 32.1.